The Morgan fingerprint density at radius 1 is 1.54 bits per heavy atom. The van der Waals surface area contributed by atoms with Crippen molar-refractivity contribution >= 4 is 14.4 Å². The molecule has 0 N–H and O–H groups in total. The third-order valence-corrected chi connectivity index (χ3v) is 3.96. The van der Waals surface area contributed by atoms with E-state index in [1.807, 2.05) is 0 Å². The van der Waals surface area contributed by atoms with Crippen molar-refractivity contribution in [3.63, 3.8) is 0 Å². The highest BCUT2D eigenvalue weighted by molar-refractivity contribution is 6.76. The summed E-state index contributed by atoms with van der Waals surface area (Å²) in [5, 5.41) is 0. The second-order valence-corrected chi connectivity index (χ2v) is 10.8. The third-order valence-electron chi connectivity index (χ3n) is 2.44. The van der Waals surface area contributed by atoms with Gasteiger partial charge in [0.1, 0.15) is 6.29 Å². The van der Waals surface area contributed by atoms with E-state index < -0.39 is 8.07 Å². The smallest absolute Gasteiger partial charge is 0.123 e. The molecule has 0 bridgehead atoms. The van der Waals surface area contributed by atoms with Gasteiger partial charge in [0, 0.05) is 14.0 Å². The maximum absolute atomic E-state index is 10.7. The third kappa shape index (κ3) is 3.90. The van der Waals surface area contributed by atoms with E-state index in [4.69, 9.17) is 0 Å². The van der Waals surface area contributed by atoms with E-state index in [-0.39, 0.29) is 0 Å². The Morgan fingerprint density at radius 2 is 2.23 bits per heavy atom. The summed E-state index contributed by atoms with van der Waals surface area (Å²) < 4.78 is 0. The Balaban J connectivity index is 2.51. The van der Waals surface area contributed by atoms with Crippen LogP contribution < -0.4 is 0 Å². The molecule has 0 amide bonds. The molecule has 74 valence electrons. The molecule has 0 saturated heterocycles. The molecule has 1 unspecified atom stereocenters. The lowest BCUT2D eigenvalue weighted by atomic mass is 9.91. The highest BCUT2D eigenvalue weighted by atomic mass is 28.3. The molecule has 0 saturated carbocycles. The van der Waals surface area contributed by atoms with Crippen LogP contribution in [0.3, 0.4) is 0 Å². The summed E-state index contributed by atoms with van der Waals surface area (Å²) in [7, 11) is -0.971. The molecular formula is C11H20OSi. The largest absolute Gasteiger partial charge is 0.303 e. The van der Waals surface area contributed by atoms with Gasteiger partial charge in [0.25, 0.3) is 0 Å². The van der Waals surface area contributed by atoms with Crippen LogP contribution in [0, 0.1) is 5.92 Å². The maximum atomic E-state index is 10.7. The van der Waals surface area contributed by atoms with Crippen molar-refractivity contribution in [2.75, 3.05) is 0 Å². The molecule has 1 rings (SSSR count). The first-order valence-electron chi connectivity index (χ1n) is 5.14. The SMILES string of the molecule is C[Si](C)(C)CC1=CCCC(C=O)C1. The van der Waals surface area contributed by atoms with Crippen LogP contribution >= 0.6 is 0 Å². The van der Waals surface area contributed by atoms with Crippen LogP contribution in [0.15, 0.2) is 11.6 Å². The van der Waals surface area contributed by atoms with Gasteiger partial charge in [0.2, 0.25) is 0 Å². The zero-order valence-corrected chi connectivity index (χ0v) is 9.97. The van der Waals surface area contributed by atoms with Crippen molar-refractivity contribution in [1.82, 2.24) is 0 Å². The minimum Gasteiger partial charge on any atom is -0.303 e. The Labute approximate surface area is 82.2 Å². The summed E-state index contributed by atoms with van der Waals surface area (Å²) in [5.41, 5.74) is 1.54. The molecule has 1 atom stereocenters. The van der Waals surface area contributed by atoms with Gasteiger partial charge in [-0.05, 0) is 25.3 Å². The van der Waals surface area contributed by atoms with Crippen molar-refractivity contribution in [3.05, 3.63) is 11.6 Å². The average Bonchev–Trinajstić information content (AvgIpc) is 2.01. The zero-order valence-electron chi connectivity index (χ0n) is 8.97. The van der Waals surface area contributed by atoms with Crippen molar-refractivity contribution < 1.29 is 4.79 Å². The van der Waals surface area contributed by atoms with Crippen LogP contribution in [0.1, 0.15) is 19.3 Å². The van der Waals surface area contributed by atoms with Crippen molar-refractivity contribution in [2.24, 2.45) is 5.92 Å². The Kier molecular flexibility index (Phi) is 3.48. The summed E-state index contributed by atoms with van der Waals surface area (Å²) in [6.45, 7) is 7.16. The minimum absolute atomic E-state index is 0.316. The molecule has 2 heteroatoms. The quantitative estimate of drug-likeness (QED) is 0.385. The van der Waals surface area contributed by atoms with Crippen LogP contribution in [0.4, 0.5) is 0 Å². The lowest BCUT2D eigenvalue weighted by Gasteiger charge is -2.23. The number of carbonyl (C=O) groups is 1. The Morgan fingerprint density at radius 3 is 2.77 bits per heavy atom. The van der Waals surface area contributed by atoms with Gasteiger partial charge in [-0.1, -0.05) is 31.3 Å². The average molecular weight is 196 g/mol. The normalized spacial score (nSPS) is 23.9. The number of aldehydes is 1. The number of hydrogen-bond acceptors (Lipinski definition) is 1. The van der Waals surface area contributed by atoms with Crippen LogP contribution in [-0.2, 0) is 4.79 Å². The van der Waals surface area contributed by atoms with Crippen molar-refractivity contribution in [2.45, 2.75) is 44.9 Å². The summed E-state index contributed by atoms with van der Waals surface area (Å²) in [5.74, 6) is 0.316. The Bertz CT molecular complexity index is 213. The summed E-state index contributed by atoms with van der Waals surface area (Å²) in [4.78, 5) is 10.7. The van der Waals surface area contributed by atoms with Gasteiger partial charge in [-0.2, -0.15) is 0 Å². The van der Waals surface area contributed by atoms with Gasteiger partial charge in [-0.15, -0.1) is 0 Å². The van der Waals surface area contributed by atoms with E-state index in [0.29, 0.717) is 5.92 Å². The lowest BCUT2D eigenvalue weighted by molar-refractivity contribution is -0.111. The first kappa shape index (κ1) is 10.7. The number of hydrogen-bond donors (Lipinski definition) is 0. The van der Waals surface area contributed by atoms with Crippen LogP contribution in [0.2, 0.25) is 25.7 Å². The van der Waals surface area contributed by atoms with Crippen molar-refractivity contribution in [1.29, 1.82) is 0 Å². The fourth-order valence-corrected chi connectivity index (χ4v) is 3.62. The molecule has 0 aromatic rings. The van der Waals surface area contributed by atoms with Gasteiger partial charge in [0.15, 0.2) is 0 Å². The highest BCUT2D eigenvalue weighted by Crippen LogP contribution is 2.28. The Hall–Kier alpha value is -0.373. The topological polar surface area (TPSA) is 17.1 Å². The molecule has 0 radical (unpaired) electrons. The summed E-state index contributed by atoms with van der Waals surface area (Å²) >= 11 is 0. The fraction of sp³-hybridized carbons (Fsp3) is 0.727. The number of allylic oxidation sites excluding steroid dienone is 2. The van der Waals surface area contributed by atoms with E-state index in [1.54, 1.807) is 5.57 Å². The summed E-state index contributed by atoms with van der Waals surface area (Å²) in [6, 6.07) is 1.28. The molecule has 1 nitrogen and oxygen atoms in total. The molecule has 0 aromatic carbocycles. The molecular weight excluding hydrogens is 176 g/mol. The molecule has 0 fully saturated rings. The lowest BCUT2D eigenvalue weighted by Crippen LogP contribution is -2.22. The minimum atomic E-state index is -0.971. The van der Waals surface area contributed by atoms with E-state index >= 15 is 0 Å². The molecule has 13 heavy (non-hydrogen) atoms. The van der Waals surface area contributed by atoms with Crippen molar-refractivity contribution in [3.8, 4) is 0 Å². The fourth-order valence-electron chi connectivity index (χ4n) is 1.97. The van der Waals surface area contributed by atoms with Gasteiger partial charge in [0.05, 0.1) is 0 Å². The molecule has 0 aromatic heterocycles. The van der Waals surface area contributed by atoms with E-state index in [1.165, 1.54) is 6.04 Å². The predicted octanol–water partition coefficient (Wildman–Crippen LogP) is 3.25. The zero-order chi connectivity index (χ0) is 9.90. The monoisotopic (exact) mass is 196 g/mol. The second-order valence-electron chi connectivity index (χ2n) is 5.28. The first-order chi connectivity index (χ1) is 6.01. The van der Waals surface area contributed by atoms with E-state index in [9.17, 15) is 4.79 Å². The number of rotatable bonds is 3. The molecule has 0 heterocycles. The van der Waals surface area contributed by atoms with E-state index in [2.05, 4.69) is 25.7 Å². The van der Waals surface area contributed by atoms with Gasteiger partial charge >= 0.3 is 0 Å². The highest BCUT2D eigenvalue weighted by Gasteiger charge is 2.20. The van der Waals surface area contributed by atoms with Gasteiger partial charge in [-0.25, -0.2) is 0 Å². The molecule has 1 aliphatic rings. The standard InChI is InChI=1S/C11H20OSi/c1-13(2,3)9-11-6-4-5-10(7-11)8-12/h6,8,10H,4-5,7,9H2,1-3H3. The van der Waals surface area contributed by atoms with Gasteiger partial charge < -0.3 is 4.79 Å². The summed E-state index contributed by atoms with van der Waals surface area (Å²) in [6.07, 6.45) is 6.71. The number of carbonyl (C=O) groups excluding carboxylic acids is 1. The van der Waals surface area contributed by atoms with Crippen LogP contribution in [-0.4, -0.2) is 14.4 Å². The second kappa shape index (κ2) is 4.23. The first-order valence-corrected chi connectivity index (χ1v) is 8.85. The predicted molar refractivity (Wildman–Crippen MR) is 59.6 cm³/mol. The van der Waals surface area contributed by atoms with Crippen LogP contribution in [0.5, 0.6) is 0 Å². The molecule has 0 spiro atoms. The van der Waals surface area contributed by atoms with Gasteiger partial charge in [-0.3, -0.25) is 0 Å². The van der Waals surface area contributed by atoms with Crippen LogP contribution in [0.25, 0.3) is 0 Å². The van der Waals surface area contributed by atoms with E-state index in [0.717, 1.165) is 25.5 Å². The maximum Gasteiger partial charge on any atom is 0.123 e. The molecule has 1 aliphatic carbocycles. The molecule has 0 aliphatic heterocycles.